The van der Waals surface area contributed by atoms with Gasteiger partial charge in [0.1, 0.15) is 0 Å². The Balaban J connectivity index is 1.81. The second-order valence-corrected chi connectivity index (χ2v) is 7.46. The molecule has 30 heavy (non-hydrogen) atoms. The molecule has 0 aliphatic rings. The topological polar surface area (TPSA) is 115 Å². The van der Waals surface area contributed by atoms with Gasteiger partial charge in [-0.15, -0.1) is 0 Å². The van der Waals surface area contributed by atoms with E-state index in [9.17, 15) is 14.4 Å². The first-order valence-electron chi connectivity index (χ1n) is 9.19. The molecule has 2 aromatic carbocycles. The summed E-state index contributed by atoms with van der Waals surface area (Å²) in [6, 6.07) is 11.6. The van der Waals surface area contributed by atoms with Crippen molar-refractivity contribution in [3.63, 3.8) is 0 Å². The first-order chi connectivity index (χ1) is 14.3. The third kappa shape index (κ3) is 3.79. The highest BCUT2D eigenvalue weighted by molar-refractivity contribution is 6.30. The first kappa shape index (κ1) is 19.7. The number of hydrogen-bond acceptors (Lipinski definition) is 6. The fourth-order valence-corrected chi connectivity index (χ4v) is 3.24. The van der Waals surface area contributed by atoms with Crippen LogP contribution in [0.15, 0.2) is 61.3 Å². The second kappa shape index (κ2) is 7.68. The zero-order valence-electron chi connectivity index (χ0n) is 16.2. The molecule has 0 aliphatic heterocycles. The Bertz CT molecular complexity index is 1400. The van der Waals surface area contributed by atoms with Crippen LogP contribution in [0.2, 0.25) is 5.02 Å². The largest absolute Gasteiger partial charge is 0.417 e. The molecule has 0 saturated heterocycles. The number of hydrogen-bond donors (Lipinski definition) is 2. The Kier molecular flexibility index (Phi) is 5.04. The molecule has 0 spiro atoms. The van der Waals surface area contributed by atoms with E-state index in [4.69, 9.17) is 16.0 Å². The van der Waals surface area contributed by atoms with Crippen LogP contribution in [-0.4, -0.2) is 19.1 Å². The van der Waals surface area contributed by atoms with Crippen LogP contribution in [0.25, 0.3) is 11.1 Å². The summed E-state index contributed by atoms with van der Waals surface area (Å²) in [7, 11) is 0. The van der Waals surface area contributed by atoms with Gasteiger partial charge < -0.3 is 9.73 Å². The summed E-state index contributed by atoms with van der Waals surface area (Å²) in [6.45, 7) is 3.67. The highest BCUT2D eigenvalue weighted by atomic mass is 35.5. The van der Waals surface area contributed by atoms with Crippen molar-refractivity contribution in [1.29, 1.82) is 0 Å². The minimum absolute atomic E-state index is 0.0852. The summed E-state index contributed by atoms with van der Waals surface area (Å²) < 4.78 is 7.47. The molecule has 0 saturated carbocycles. The van der Waals surface area contributed by atoms with Crippen LogP contribution < -0.4 is 22.5 Å². The quantitative estimate of drug-likeness (QED) is 0.506. The van der Waals surface area contributed by atoms with Crippen LogP contribution in [0, 0.1) is 0 Å². The van der Waals surface area contributed by atoms with Crippen molar-refractivity contribution < 1.29 is 4.42 Å². The average Bonchev–Trinajstić information content (AvgIpc) is 3.05. The monoisotopic (exact) mass is 427 g/mol. The van der Waals surface area contributed by atoms with E-state index >= 15 is 0 Å². The molecule has 0 aliphatic carbocycles. The average molecular weight is 428 g/mol. The van der Waals surface area contributed by atoms with Crippen LogP contribution in [-0.2, 0) is 6.54 Å². The Hall–Kier alpha value is -3.59. The zero-order valence-corrected chi connectivity index (χ0v) is 16.9. The van der Waals surface area contributed by atoms with Gasteiger partial charge in [0.2, 0.25) is 5.95 Å². The van der Waals surface area contributed by atoms with Crippen molar-refractivity contribution in [1.82, 2.24) is 19.1 Å². The Morgan fingerprint density at radius 1 is 1.13 bits per heavy atom. The Morgan fingerprint density at radius 2 is 1.87 bits per heavy atom. The van der Waals surface area contributed by atoms with Crippen LogP contribution in [0.3, 0.4) is 0 Å². The maximum absolute atomic E-state index is 13.1. The predicted octanol–water partition coefficient (Wildman–Crippen LogP) is 2.87. The van der Waals surface area contributed by atoms with E-state index in [1.165, 1.54) is 4.57 Å². The fraction of sp³-hybridized carbons (Fsp3) is 0.200. The number of anilines is 2. The fourth-order valence-electron chi connectivity index (χ4n) is 3.12. The summed E-state index contributed by atoms with van der Waals surface area (Å²) in [4.78, 5) is 43.6. The van der Waals surface area contributed by atoms with Crippen molar-refractivity contribution in [3.05, 3.63) is 84.6 Å². The second-order valence-electron chi connectivity index (χ2n) is 7.03. The van der Waals surface area contributed by atoms with Gasteiger partial charge in [-0.3, -0.25) is 9.55 Å². The molecule has 0 amide bonds. The van der Waals surface area contributed by atoms with Gasteiger partial charge in [0.25, 0.3) is 0 Å². The van der Waals surface area contributed by atoms with Crippen LogP contribution in [0.1, 0.15) is 25.5 Å². The predicted molar refractivity (Wildman–Crippen MR) is 114 cm³/mol. The lowest BCUT2D eigenvalue weighted by atomic mass is 10.2. The number of rotatable bonds is 5. The molecular formula is C20H18ClN5O4. The third-order valence-corrected chi connectivity index (χ3v) is 4.80. The smallest absolute Gasteiger partial charge is 0.408 e. The number of oxazole rings is 1. The number of aromatic nitrogens is 4. The van der Waals surface area contributed by atoms with Gasteiger partial charge >= 0.3 is 17.1 Å². The number of H-pyrrole nitrogens is 1. The molecule has 4 aromatic rings. The van der Waals surface area contributed by atoms with Gasteiger partial charge in [0, 0.05) is 16.8 Å². The van der Waals surface area contributed by atoms with Crippen molar-refractivity contribution in [3.8, 4) is 0 Å². The molecule has 2 N–H and O–H groups in total. The SMILES string of the molecule is CC(C)n1c(=O)nc(Nc2ccc3oc(=O)[nH]c3c2)n(Cc2ccc(Cl)cc2)c1=O. The molecule has 4 rings (SSSR count). The number of benzene rings is 2. The number of nitrogens with one attached hydrogen (secondary N) is 2. The highest BCUT2D eigenvalue weighted by Gasteiger charge is 2.16. The standard InChI is InChI=1S/C20H18ClN5O4/c1-11(2)26-18(27)24-17(22-14-7-8-16-15(9-14)23-19(28)30-16)25(20(26)29)10-12-3-5-13(21)6-4-12/h3-9,11H,10H2,1-2H3,(H,23,28)(H,22,24,27). The van der Waals surface area contributed by atoms with Crippen LogP contribution >= 0.6 is 11.6 Å². The lowest BCUT2D eigenvalue weighted by Gasteiger charge is -2.17. The Labute approximate surface area is 174 Å². The first-order valence-corrected chi connectivity index (χ1v) is 9.57. The van der Waals surface area contributed by atoms with Gasteiger partial charge in [-0.1, -0.05) is 23.7 Å². The number of nitrogens with zero attached hydrogens (tertiary/aromatic N) is 3. The van der Waals surface area contributed by atoms with E-state index < -0.39 is 17.1 Å². The van der Waals surface area contributed by atoms with E-state index in [1.54, 1.807) is 56.3 Å². The summed E-state index contributed by atoms with van der Waals surface area (Å²) in [5, 5.41) is 3.58. The molecule has 10 heteroatoms. The van der Waals surface area contributed by atoms with Gasteiger partial charge in [-0.2, -0.15) is 4.98 Å². The summed E-state index contributed by atoms with van der Waals surface area (Å²) in [6.07, 6.45) is 0. The maximum Gasteiger partial charge on any atom is 0.417 e. The Morgan fingerprint density at radius 3 is 2.57 bits per heavy atom. The summed E-state index contributed by atoms with van der Waals surface area (Å²) >= 11 is 5.95. The summed E-state index contributed by atoms with van der Waals surface area (Å²) in [5.74, 6) is -0.485. The van der Waals surface area contributed by atoms with Crippen molar-refractivity contribution in [2.75, 3.05) is 5.32 Å². The number of halogens is 1. The maximum atomic E-state index is 13.1. The molecule has 0 unspecified atom stereocenters. The third-order valence-electron chi connectivity index (χ3n) is 4.55. The van der Waals surface area contributed by atoms with E-state index in [0.717, 1.165) is 10.1 Å². The number of aromatic amines is 1. The lowest BCUT2D eigenvalue weighted by molar-refractivity contribution is 0.497. The summed E-state index contributed by atoms with van der Waals surface area (Å²) in [5.41, 5.74) is 1.08. The van der Waals surface area contributed by atoms with Crippen molar-refractivity contribution in [2.24, 2.45) is 0 Å². The van der Waals surface area contributed by atoms with Gasteiger partial charge in [-0.25, -0.2) is 19.0 Å². The number of fused-ring (bicyclic) bond motifs is 1. The van der Waals surface area contributed by atoms with Crippen molar-refractivity contribution >= 4 is 34.3 Å². The van der Waals surface area contributed by atoms with Crippen LogP contribution in [0.4, 0.5) is 11.6 Å². The molecule has 2 aromatic heterocycles. The molecule has 0 radical (unpaired) electrons. The molecule has 154 valence electrons. The molecule has 0 atom stereocenters. The molecule has 0 bridgehead atoms. The van der Waals surface area contributed by atoms with Crippen LogP contribution in [0.5, 0.6) is 0 Å². The van der Waals surface area contributed by atoms with Gasteiger partial charge in [-0.05, 0) is 49.7 Å². The highest BCUT2D eigenvalue weighted by Crippen LogP contribution is 2.19. The van der Waals surface area contributed by atoms with E-state index in [-0.39, 0.29) is 18.5 Å². The minimum Gasteiger partial charge on any atom is -0.408 e. The minimum atomic E-state index is -0.650. The zero-order chi connectivity index (χ0) is 21.4. The lowest BCUT2D eigenvalue weighted by Crippen LogP contribution is -2.43. The molecule has 2 heterocycles. The van der Waals surface area contributed by atoms with E-state index in [0.29, 0.717) is 21.8 Å². The van der Waals surface area contributed by atoms with E-state index in [1.807, 2.05) is 0 Å². The molecule has 9 nitrogen and oxygen atoms in total. The molecular weight excluding hydrogens is 410 g/mol. The normalized spacial score (nSPS) is 11.3. The van der Waals surface area contributed by atoms with Gasteiger partial charge in [0.15, 0.2) is 5.58 Å². The van der Waals surface area contributed by atoms with Crippen molar-refractivity contribution in [2.45, 2.75) is 26.4 Å². The van der Waals surface area contributed by atoms with E-state index in [2.05, 4.69) is 15.3 Å². The van der Waals surface area contributed by atoms with Gasteiger partial charge in [0.05, 0.1) is 12.1 Å². The molecule has 0 fully saturated rings.